The molecule has 182 valence electrons. The van der Waals surface area contributed by atoms with Crippen molar-refractivity contribution in [2.75, 3.05) is 0 Å². The van der Waals surface area contributed by atoms with Crippen molar-refractivity contribution in [2.45, 2.75) is 13.1 Å². The zero-order valence-corrected chi connectivity index (χ0v) is 21.2. The second-order valence-corrected chi connectivity index (χ2v) is 8.84. The van der Waals surface area contributed by atoms with E-state index >= 15 is 0 Å². The lowest BCUT2D eigenvalue weighted by molar-refractivity contribution is 0.989. The first kappa shape index (κ1) is 24.7. The molecule has 5 aromatic rings. The number of hydrogen-bond acceptors (Lipinski definition) is 2. The Kier molecular flexibility index (Phi) is 8.32. The van der Waals surface area contributed by atoms with E-state index in [1.165, 1.54) is 0 Å². The van der Waals surface area contributed by atoms with Gasteiger partial charge in [0.05, 0.1) is 24.2 Å². The smallest absolute Gasteiger partial charge is 0.0738 e. The van der Waals surface area contributed by atoms with Crippen molar-refractivity contribution in [3.05, 3.63) is 179 Å². The molecule has 0 radical (unpaired) electrons. The summed E-state index contributed by atoms with van der Waals surface area (Å²) in [5.41, 5.74) is 8.62. The summed E-state index contributed by atoms with van der Waals surface area (Å²) in [5.74, 6) is 6.67. The molecule has 0 aliphatic carbocycles. The van der Waals surface area contributed by atoms with Gasteiger partial charge in [0, 0.05) is 0 Å². The third kappa shape index (κ3) is 6.40. The van der Waals surface area contributed by atoms with Crippen LogP contribution in [0.1, 0.15) is 33.4 Å². The van der Waals surface area contributed by atoms with Gasteiger partial charge in [-0.2, -0.15) is 0 Å². The Morgan fingerprint density at radius 1 is 0.368 bits per heavy atom. The Bertz CT molecular complexity index is 1380. The van der Waals surface area contributed by atoms with Crippen LogP contribution in [0.15, 0.2) is 156 Å². The summed E-state index contributed by atoms with van der Waals surface area (Å²) in [5, 5.41) is 0. The third-order valence-electron chi connectivity index (χ3n) is 6.25. The molecular formula is C36H28N2. The SMILES string of the molecule is C(=NCc1ccccc1CN=C=C(c1ccccc1)c1ccccc1)=C(c1ccccc1)c1ccccc1. The maximum absolute atomic E-state index is 4.74. The highest BCUT2D eigenvalue weighted by atomic mass is 14.7. The van der Waals surface area contributed by atoms with Crippen LogP contribution in [0.5, 0.6) is 0 Å². The largest absolute Gasteiger partial charge is 0.238 e. The van der Waals surface area contributed by atoms with E-state index < -0.39 is 0 Å². The quantitative estimate of drug-likeness (QED) is 0.196. The van der Waals surface area contributed by atoms with Crippen LogP contribution in [0.2, 0.25) is 0 Å². The van der Waals surface area contributed by atoms with E-state index in [0.29, 0.717) is 13.1 Å². The van der Waals surface area contributed by atoms with Gasteiger partial charge in [-0.25, -0.2) is 9.98 Å². The average molecular weight is 489 g/mol. The summed E-state index contributed by atoms with van der Waals surface area (Å²) in [6.45, 7) is 1.06. The lowest BCUT2D eigenvalue weighted by Gasteiger charge is -2.06. The fourth-order valence-electron chi connectivity index (χ4n) is 4.28. The summed E-state index contributed by atoms with van der Waals surface area (Å²) in [7, 11) is 0. The fourth-order valence-corrected chi connectivity index (χ4v) is 4.28. The van der Waals surface area contributed by atoms with E-state index in [2.05, 4.69) is 72.4 Å². The summed E-state index contributed by atoms with van der Waals surface area (Å²) in [6.07, 6.45) is 0. The Balaban J connectivity index is 1.44. The van der Waals surface area contributed by atoms with Gasteiger partial charge in [-0.05, 0) is 45.1 Å². The van der Waals surface area contributed by atoms with Crippen LogP contribution in [0.25, 0.3) is 11.1 Å². The topological polar surface area (TPSA) is 24.7 Å². The lowest BCUT2D eigenvalue weighted by atomic mass is 9.99. The van der Waals surface area contributed by atoms with Crippen LogP contribution in [-0.2, 0) is 13.1 Å². The predicted octanol–water partition coefficient (Wildman–Crippen LogP) is 8.29. The number of rotatable bonds is 8. The fraction of sp³-hybridized carbons (Fsp3) is 0.0556. The van der Waals surface area contributed by atoms with Gasteiger partial charge in [-0.3, -0.25) is 0 Å². The van der Waals surface area contributed by atoms with E-state index in [9.17, 15) is 0 Å². The van der Waals surface area contributed by atoms with Crippen LogP contribution in [0, 0.1) is 0 Å². The highest BCUT2D eigenvalue weighted by molar-refractivity contribution is 5.99. The molecule has 0 amide bonds. The van der Waals surface area contributed by atoms with Crippen molar-refractivity contribution in [2.24, 2.45) is 9.98 Å². The highest BCUT2D eigenvalue weighted by Crippen LogP contribution is 2.22. The van der Waals surface area contributed by atoms with Crippen LogP contribution in [0.3, 0.4) is 0 Å². The van der Waals surface area contributed by atoms with Crippen molar-refractivity contribution in [1.29, 1.82) is 0 Å². The van der Waals surface area contributed by atoms with Gasteiger partial charge in [0.1, 0.15) is 0 Å². The second-order valence-electron chi connectivity index (χ2n) is 8.84. The molecule has 0 heterocycles. The molecule has 0 fully saturated rings. The van der Waals surface area contributed by atoms with Gasteiger partial charge >= 0.3 is 0 Å². The number of hydrogen-bond donors (Lipinski definition) is 0. The van der Waals surface area contributed by atoms with Gasteiger partial charge < -0.3 is 0 Å². The number of nitrogens with zero attached hydrogens (tertiary/aromatic N) is 2. The summed E-state index contributed by atoms with van der Waals surface area (Å²) >= 11 is 0. The monoisotopic (exact) mass is 488 g/mol. The highest BCUT2D eigenvalue weighted by Gasteiger charge is 2.06. The predicted molar refractivity (Wildman–Crippen MR) is 160 cm³/mol. The zero-order chi connectivity index (χ0) is 25.8. The molecule has 38 heavy (non-hydrogen) atoms. The summed E-state index contributed by atoms with van der Waals surface area (Å²) < 4.78 is 0. The minimum Gasteiger partial charge on any atom is -0.238 e. The molecule has 2 nitrogen and oxygen atoms in total. The molecule has 0 spiro atoms. The molecule has 5 aromatic carbocycles. The molecule has 0 unspecified atom stereocenters. The average Bonchev–Trinajstić information content (AvgIpc) is 3.00. The van der Waals surface area contributed by atoms with E-state index in [-0.39, 0.29) is 0 Å². The second kappa shape index (κ2) is 12.8. The molecule has 0 aliphatic heterocycles. The normalized spacial score (nSPS) is 10.1. The lowest BCUT2D eigenvalue weighted by Crippen LogP contribution is -1.93. The molecule has 0 aromatic heterocycles. The van der Waals surface area contributed by atoms with Crippen molar-refractivity contribution >= 4 is 22.9 Å². The first-order valence-corrected chi connectivity index (χ1v) is 12.8. The summed E-state index contributed by atoms with van der Waals surface area (Å²) in [6, 6.07) is 49.5. The Labute approximate surface area is 224 Å². The van der Waals surface area contributed by atoms with Gasteiger partial charge in [-0.15, -0.1) is 0 Å². The maximum atomic E-state index is 4.74. The molecule has 0 saturated heterocycles. The van der Waals surface area contributed by atoms with Crippen LogP contribution in [0.4, 0.5) is 0 Å². The molecule has 2 heteroatoms. The van der Waals surface area contributed by atoms with E-state index in [1.54, 1.807) is 0 Å². The Morgan fingerprint density at radius 3 is 0.921 bits per heavy atom. The van der Waals surface area contributed by atoms with Crippen molar-refractivity contribution < 1.29 is 0 Å². The van der Waals surface area contributed by atoms with Crippen molar-refractivity contribution in [3.63, 3.8) is 0 Å². The first-order valence-electron chi connectivity index (χ1n) is 12.8. The third-order valence-corrected chi connectivity index (χ3v) is 6.25. The molecule has 0 N–H and O–H groups in total. The van der Waals surface area contributed by atoms with E-state index in [1.807, 2.05) is 84.9 Å². The van der Waals surface area contributed by atoms with Crippen molar-refractivity contribution in [3.8, 4) is 0 Å². The molecule has 5 rings (SSSR count). The van der Waals surface area contributed by atoms with Gasteiger partial charge in [-0.1, -0.05) is 146 Å². The van der Waals surface area contributed by atoms with Crippen LogP contribution >= 0.6 is 0 Å². The molecule has 0 atom stereocenters. The Morgan fingerprint density at radius 2 is 0.632 bits per heavy atom. The molecular weight excluding hydrogens is 460 g/mol. The minimum atomic E-state index is 0.531. The zero-order valence-electron chi connectivity index (χ0n) is 21.2. The van der Waals surface area contributed by atoms with E-state index in [4.69, 9.17) is 9.98 Å². The van der Waals surface area contributed by atoms with Crippen LogP contribution in [-0.4, -0.2) is 11.7 Å². The standard InChI is InChI=1S/C36H28N2/c1-5-15-29(16-6-1)35(30-17-7-2-8-18-30)27-37-25-33-23-13-14-24-34(33)26-38-28-36(31-19-9-3-10-20-31)32-21-11-4-12-22-32/h1-24H,25-26H2. The van der Waals surface area contributed by atoms with E-state index in [0.717, 1.165) is 44.5 Å². The van der Waals surface area contributed by atoms with Crippen molar-refractivity contribution in [1.82, 2.24) is 0 Å². The van der Waals surface area contributed by atoms with Gasteiger partial charge in [0.15, 0.2) is 0 Å². The Hall–Kier alpha value is -5.00. The molecule has 0 bridgehead atoms. The molecule has 0 saturated carbocycles. The molecule has 0 aliphatic rings. The number of benzene rings is 5. The first-order chi connectivity index (χ1) is 18.9. The van der Waals surface area contributed by atoms with Gasteiger partial charge in [0.2, 0.25) is 0 Å². The summed E-state index contributed by atoms with van der Waals surface area (Å²) in [4.78, 5) is 9.48. The van der Waals surface area contributed by atoms with Crippen LogP contribution < -0.4 is 0 Å². The maximum Gasteiger partial charge on any atom is 0.0738 e. The minimum absolute atomic E-state index is 0.531. The number of aliphatic imine (C=N–C) groups is 2. The van der Waals surface area contributed by atoms with Gasteiger partial charge in [0.25, 0.3) is 0 Å².